The number of nitrogens with zero attached hydrogens (tertiary/aromatic N) is 1. The summed E-state index contributed by atoms with van der Waals surface area (Å²) in [7, 11) is -4.51. The summed E-state index contributed by atoms with van der Waals surface area (Å²) in [4.78, 5) is 20.4. The molecule has 1 aromatic rings. The van der Waals surface area contributed by atoms with Crippen LogP contribution in [0, 0.1) is 10.1 Å². The van der Waals surface area contributed by atoms with Gasteiger partial charge in [0.15, 0.2) is 17.0 Å². The lowest BCUT2D eigenvalue weighted by Crippen LogP contribution is -2.46. The third-order valence-electron chi connectivity index (χ3n) is 3.29. The van der Waals surface area contributed by atoms with E-state index in [1.165, 1.54) is 26.0 Å². The van der Waals surface area contributed by atoms with Crippen molar-refractivity contribution in [2.75, 3.05) is 0 Å². The second kappa shape index (κ2) is 7.04. The molecule has 2 rings (SSSR count). The second-order valence-electron chi connectivity index (χ2n) is 5.80. The molecule has 0 bridgehead atoms. The van der Waals surface area contributed by atoms with Gasteiger partial charge in [0.25, 0.3) is 5.69 Å². The Morgan fingerprint density at radius 2 is 2.04 bits per heavy atom. The lowest BCUT2D eigenvalue weighted by atomic mass is 10.1. The first-order chi connectivity index (χ1) is 11.5. The van der Waals surface area contributed by atoms with Crippen LogP contribution in [0.2, 0.25) is 0 Å². The summed E-state index contributed by atoms with van der Waals surface area (Å²) in [6, 6.07) is 4.74. The number of carbonyl (C=O) groups is 1. The Labute approximate surface area is 143 Å². The summed E-state index contributed by atoms with van der Waals surface area (Å²) in [5, 5.41) is 19.9. The van der Waals surface area contributed by atoms with Gasteiger partial charge in [-0.05, 0) is 19.9 Å². The van der Waals surface area contributed by atoms with Crippen molar-refractivity contribution >= 4 is 21.8 Å². The van der Waals surface area contributed by atoms with Crippen molar-refractivity contribution in [1.29, 1.82) is 0 Å². The van der Waals surface area contributed by atoms with Crippen LogP contribution < -0.4 is 0 Å². The number of benzene rings is 1. The van der Waals surface area contributed by atoms with Crippen LogP contribution in [0.15, 0.2) is 29.2 Å². The number of hydrogen-bond acceptors (Lipinski definition) is 8. The summed E-state index contributed by atoms with van der Waals surface area (Å²) >= 11 is 0. The molecule has 0 aromatic heterocycles. The fraction of sp³-hybridized carbons (Fsp3) is 0.500. The molecule has 0 spiro atoms. The Balaban J connectivity index is 2.25. The molecule has 138 valence electrons. The molecule has 1 aliphatic rings. The quantitative estimate of drug-likeness (QED) is 0.446. The Kier molecular flexibility index (Phi) is 5.42. The Morgan fingerprint density at radius 1 is 1.40 bits per heavy atom. The van der Waals surface area contributed by atoms with Crippen molar-refractivity contribution in [1.82, 2.24) is 0 Å². The predicted octanol–water partition coefficient (Wildman–Crippen LogP) is 1.64. The maximum absolute atomic E-state index is 12.4. The summed E-state index contributed by atoms with van der Waals surface area (Å²) in [5.41, 5.74) is -0.629. The Hall–Kier alpha value is -2.08. The van der Waals surface area contributed by atoms with Crippen LogP contribution >= 0.6 is 0 Å². The highest BCUT2D eigenvalue weighted by atomic mass is 32.2. The number of carboxylic acid groups (broad SMARTS) is 1. The maximum Gasteiger partial charge on any atom is 0.306 e. The van der Waals surface area contributed by atoms with Gasteiger partial charge in [-0.1, -0.05) is 12.1 Å². The largest absolute Gasteiger partial charge is 0.481 e. The molecule has 2 unspecified atom stereocenters. The summed E-state index contributed by atoms with van der Waals surface area (Å²) in [6.45, 7) is 2.96. The van der Waals surface area contributed by atoms with E-state index in [1.54, 1.807) is 0 Å². The first-order valence-corrected chi connectivity index (χ1v) is 8.65. The van der Waals surface area contributed by atoms with E-state index in [-0.39, 0.29) is 12.8 Å². The number of rotatable bonds is 6. The van der Waals surface area contributed by atoms with Crippen molar-refractivity contribution in [3.05, 3.63) is 34.4 Å². The van der Waals surface area contributed by atoms with E-state index in [4.69, 9.17) is 18.8 Å². The van der Waals surface area contributed by atoms with Crippen molar-refractivity contribution in [2.45, 2.75) is 49.8 Å². The zero-order valence-corrected chi connectivity index (χ0v) is 14.3. The molecule has 2 atom stereocenters. The first kappa shape index (κ1) is 19.2. The number of nitro benzene ring substituents is 1. The minimum absolute atomic E-state index is 0.157. The highest BCUT2D eigenvalue weighted by Gasteiger charge is 2.40. The van der Waals surface area contributed by atoms with Gasteiger partial charge >= 0.3 is 16.1 Å². The number of para-hydroxylation sites is 1. The molecule has 11 heteroatoms. The average molecular weight is 375 g/mol. The molecule has 0 radical (unpaired) electrons. The zero-order valence-electron chi connectivity index (χ0n) is 13.4. The fourth-order valence-electron chi connectivity index (χ4n) is 2.45. The molecule has 0 saturated carbocycles. The van der Waals surface area contributed by atoms with Crippen molar-refractivity contribution < 1.29 is 36.9 Å². The maximum atomic E-state index is 12.4. The van der Waals surface area contributed by atoms with Crippen LogP contribution in [0.3, 0.4) is 0 Å². The van der Waals surface area contributed by atoms with Crippen molar-refractivity contribution in [3.63, 3.8) is 0 Å². The molecule has 1 aliphatic heterocycles. The van der Waals surface area contributed by atoms with Gasteiger partial charge in [-0.3, -0.25) is 14.9 Å². The molecule has 1 fully saturated rings. The zero-order chi connectivity index (χ0) is 18.8. The second-order valence-corrected chi connectivity index (χ2v) is 7.34. The van der Waals surface area contributed by atoms with Crippen LogP contribution in [-0.4, -0.2) is 42.6 Å². The van der Waals surface area contributed by atoms with Crippen LogP contribution in [0.25, 0.3) is 0 Å². The molecule has 1 aromatic carbocycles. The normalized spacial score (nSPS) is 23.1. The lowest BCUT2D eigenvalue weighted by molar-refractivity contribution is -0.388. The first-order valence-electron chi connectivity index (χ1n) is 7.24. The van der Waals surface area contributed by atoms with Gasteiger partial charge in [0, 0.05) is 12.5 Å². The van der Waals surface area contributed by atoms with Gasteiger partial charge in [0.05, 0.1) is 17.4 Å². The van der Waals surface area contributed by atoms with E-state index in [2.05, 4.69) is 0 Å². The Morgan fingerprint density at radius 3 is 2.64 bits per heavy atom. The lowest BCUT2D eigenvalue weighted by Gasteiger charge is -2.39. The monoisotopic (exact) mass is 375 g/mol. The molecular formula is C14H17NO9S. The molecule has 0 amide bonds. The van der Waals surface area contributed by atoms with Crippen LogP contribution in [0.5, 0.6) is 0 Å². The summed E-state index contributed by atoms with van der Waals surface area (Å²) in [6.07, 6.45) is -2.68. The third kappa shape index (κ3) is 4.95. The molecule has 1 N–H and O–H groups in total. The van der Waals surface area contributed by atoms with Gasteiger partial charge in [-0.2, -0.15) is 8.42 Å². The molecule has 1 saturated heterocycles. The standard InChI is InChI=1S/C14H17NO9S/c1-14(2)22-9(7-12(16)17)8-13(23-14)24-25(20,21)11-6-4-3-5-10(11)15(18)19/h3-6,9,13H,7-8H2,1-2H3,(H,16,17). The van der Waals surface area contributed by atoms with E-state index in [0.717, 1.165) is 12.1 Å². The van der Waals surface area contributed by atoms with E-state index in [0.29, 0.717) is 0 Å². The number of ether oxygens (including phenoxy) is 2. The highest BCUT2D eigenvalue weighted by Crippen LogP contribution is 2.32. The van der Waals surface area contributed by atoms with E-state index in [1.807, 2.05) is 0 Å². The highest BCUT2D eigenvalue weighted by molar-refractivity contribution is 7.87. The summed E-state index contributed by atoms with van der Waals surface area (Å²) in [5.74, 6) is -2.40. The molecule has 25 heavy (non-hydrogen) atoms. The number of nitro groups is 1. The molecule has 1 heterocycles. The minimum Gasteiger partial charge on any atom is -0.481 e. The third-order valence-corrected chi connectivity index (χ3v) is 4.64. The summed E-state index contributed by atoms with van der Waals surface area (Å²) < 4.78 is 40.5. The number of aliphatic carboxylic acids is 1. The van der Waals surface area contributed by atoms with Crippen LogP contribution in [-0.2, 0) is 28.6 Å². The van der Waals surface area contributed by atoms with Gasteiger partial charge in [-0.15, -0.1) is 0 Å². The average Bonchev–Trinajstić information content (AvgIpc) is 2.44. The van der Waals surface area contributed by atoms with Gasteiger partial charge < -0.3 is 14.6 Å². The van der Waals surface area contributed by atoms with E-state index in [9.17, 15) is 23.3 Å². The molecular weight excluding hydrogens is 358 g/mol. The van der Waals surface area contributed by atoms with Gasteiger partial charge in [0.2, 0.25) is 0 Å². The number of hydrogen-bond donors (Lipinski definition) is 1. The minimum atomic E-state index is -4.51. The SMILES string of the molecule is CC1(C)OC(CC(=O)O)CC(OS(=O)(=O)c2ccccc2[N+](=O)[O-])O1. The predicted molar refractivity (Wildman–Crippen MR) is 82.1 cm³/mol. The van der Waals surface area contributed by atoms with E-state index < -0.39 is 49.8 Å². The number of carboxylic acids is 1. The van der Waals surface area contributed by atoms with Gasteiger partial charge in [-0.25, -0.2) is 4.18 Å². The van der Waals surface area contributed by atoms with Crippen LogP contribution in [0.1, 0.15) is 26.7 Å². The topological polar surface area (TPSA) is 142 Å². The Bertz CT molecular complexity index is 774. The van der Waals surface area contributed by atoms with Crippen LogP contribution in [0.4, 0.5) is 5.69 Å². The molecule has 0 aliphatic carbocycles. The van der Waals surface area contributed by atoms with Gasteiger partial charge in [0.1, 0.15) is 0 Å². The smallest absolute Gasteiger partial charge is 0.306 e. The molecule has 10 nitrogen and oxygen atoms in total. The fourth-order valence-corrected chi connectivity index (χ4v) is 3.60. The van der Waals surface area contributed by atoms with Crippen molar-refractivity contribution in [3.8, 4) is 0 Å². The van der Waals surface area contributed by atoms with Crippen molar-refractivity contribution in [2.24, 2.45) is 0 Å². The van der Waals surface area contributed by atoms with E-state index >= 15 is 0 Å².